The average Bonchev–Trinajstić information content (AvgIpc) is 3.24. The molecule has 122 valence electrons. The SMILES string of the molecule is CC[B]=[Ti+2].Cl.Cl.c1ccc2[cH-]ccc2c1.c1ccc2[cH-]ccc2c1. The first-order valence-electron chi connectivity index (χ1n) is 7.55. The van der Waals surface area contributed by atoms with Crippen molar-refractivity contribution < 1.29 is 19.8 Å². The van der Waals surface area contributed by atoms with E-state index in [4.69, 9.17) is 0 Å². The third-order valence-corrected chi connectivity index (χ3v) is 3.94. The van der Waals surface area contributed by atoms with Crippen LogP contribution in [0, 0.1) is 0 Å². The average molecular weight is 391 g/mol. The second kappa shape index (κ2) is 13.3. The zero-order valence-corrected chi connectivity index (χ0v) is 16.9. The third kappa shape index (κ3) is 7.28. The Hall–Kier alpha value is -0.981. The number of rotatable bonds is 1. The van der Waals surface area contributed by atoms with Gasteiger partial charge in [-0.25, -0.2) is 0 Å². The van der Waals surface area contributed by atoms with Crippen molar-refractivity contribution in [3.05, 3.63) is 84.9 Å². The summed E-state index contributed by atoms with van der Waals surface area (Å²) in [6.45, 7) is 2.12. The maximum atomic E-state index is 2.12. The van der Waals surface area contributed by atoms with Crippen LogP contribution >= 0.6 is 24.8 Å². The predicted molar refractivity (Wildman–Crippen MR) is 110 cm³/mol. The van der Waals surface area contributed by atoms with E-state index in [1.54, 1.807) is 0 Å². The number of halogens is 2. The van der Waals surface area contributed by atoms with Crippen LogP contribution in [0.25, 0.3) is 21.5 Å². The van der Waals surface area contributed by atoms with E-state index in [1.165, 1.54) is 27.9 Å². The van der Waals surface area contributed by atoms with Crippen LogP contribution in [0.2, 0.25) is 6.32 Å². The van der Waals surface area contributed by atoms with Gasteiger partial charge in [0.1, 0.15) is 0 Å². The third-order valence-electron chi connectivity index (χ3n) is 3.30. The molecule has 0 saturated heterocycles. The minimum atomic E-state index is 0. The number of hydrogen-bond donors (Lipinski definition) is 0. The van der Waals surface area contributed by atoms with Crippen LogP contribution in [0.3, 0.4) is 0 Å². The number of fused-ring (bicyclic) bond motifs is 2. The van der Waals surface area contributed by atoms with E-state index in [1.807, 2.05) is 0 Å². The van der Waals surface area contributed by atoms with Gasteiger partial charge in [0.2, 0.25) is 0 Å². The molecule has 0 fully saturated rings. The molecule has 0 N–H and O–H groups in total. The van der Waals surface area contributed by atoms with Gasteiger partial charge >= 0.3 is 38.0 Å². The van der Waals surface area contributed by atoms with Gasteiger partial charge in [-0.1, -0.05) is 12.1 Å². The predicted octanol–water partition coefficient (Wildman–Crippen LogP) is 6.55. The summed E-state index contributed by atoms with van der Waals surface area (Å²) in [5, 5.41) is 7.45. The fourth-order valence-electron chi connectivity index (χ4n) is 2.14. The topological polar surface area (TPSA) is 0 Å². The molecule has 24 heavy (non-hydrogen) atoms. The summed E-state index contributed by atoms with van der Waals surface area (Å²) in [4.78, 5) is 0. The molecular weight excluding hydrogens is 370 g/mol. The van der Waals surface area contributed by atoms with Crippen molar-refractivity contribution in [1.82, 2.24) is 0 Å². The Labute approximate surface area is 168 Å². The fourth-order valence-corrected chi connectivity index (χ4v) is 2.14. The molecule has 0 aliphatic rings. The summed E-state index contributed by atoms with van der Waals surface area (Å²) in [5.74, 6) is 0. The van der Waals surface area contributed by atoms with Crippen LogP contribution in [0.5, 0.6) is 0 Å². The van der Waals surface area contributed by atoms with E-state index in [-0.39, 0.29) is 24.8 Å². The van der Waals surface area contributed by atoms with E-state index in [0.29, 0.717) is 0 Å². The van der Waals surface area contributed by atoms with Crippen LogP contribution in [0.4, 0.5) is 0 Å². The number of hydrogen-bond acceptors (Lipinski definition) is 0. The van der Waals surface area contributed by atoms with Gasteiger partial charge in [-0.05, 0) is 0 Å². The molecule has 0 heterocycles. The monoisotopic (exact) mass is 390 g/mol. The van der Waals surface area contributed by atoms with Crippen molar-refractivity contribution in [3.63, 3.8) is 0 Å². The molecule has 4 rings (SSSR count). The Morgan fingerprint density at radius 1 is 0.750 bits per heavy atom. The van der Waals surface area contributed by atoms with Crippen molar-refractivity contribution >= 4 is 51.4 Å². The van der Waals surface area contributed by atoms with E-state index in [2.05, 4.69) is 117 Å². The zero-order valence-electron chi connectivity index (χ0n) is 13.7. The summed E-state index contributed by atoms with van der Waals surface area (Å²) < 4.78 is 0. The van der Waals surface area contributed by atoms with Gasteiger partial charge in [-0.2, -0.15) is 35.0 Å². The molecule has 0 aromatic heterocycles. The molecule has 0 atom stereocenters. The Bertz CT molecular complexity index is 694. The van der Waals surface area contributed by atoms with Gasteiger partial charge in [0.05, 0.1) is 0 Å². The fraction of sp³-hybridized carbons (Fsp3) is 0.100. The van der Waals surface area contributed by atoms with Gasteiger partial charge in [0.15, 0.2) is 0 Å². The van der Waals surface area contributed by atoms with Gasteiger partial charge in [0.25, 0.3) is 0 Å². The molecule has 0 aliphatic heterocycles. The normalized spacial score (nSPS) is 8.62. The first-order chi connectivity index (χ1) is 10.8. The van der Waals surface area contributed by atoms with Crippen molar-refractivity contribution in [2.75, 3.05) is 0 Å². The zero-order chi connectivity index (χ0) is 15.6. The Kier molecular flexibility index (Phi) is 12.8. The van der Waals surface area contributed by atoms with Crippen molar-refractivity contribution in [1.29, 1.82) is 0 Å². The van der Waals surface area contributed by atoms with Gasteiger partial charge < -0.3 is 0 Å². The second-order valence-corrected chi connectivity index (χ2v) is 5.56. The van der Waals surface area contributed by atoms with Crippen LogP contribution in [0.1, 0.15) is 6.92 Å². The smallest absolute Gasteiger partial charge is 0.0809 e. The summed E-state index contributed by atoms with van der Waals surface area (Å²) in [6.07, 6.45) is 1.19. The molecule has 4 aromatic carbocycles. The Morgan fingerprint density at radius 3 is 1.46 bits per heavy atom. The maximum Gasteiger partial charge on any atom is -0.0809 e. The molecular formula is C20H21BCl2Ti. The van der Waals surface area contributed by atoms with Crippen LogP contribution in [0.15, 0.2) is 84.9 Å². The maximum absolute atomic E-state index is 2.12. The summed E-state index contributed by atoms with van der Waals surface area (Å²) >= 11 is 2.06. The molecule has 0 nitrogen and oxygen atoms in total. The molecule has 0 spiro atoms. The van der Waals surface area contributed by atoms with Gasteiger partial charge in [0, 0.05) is 0 Å². The first kappa shape index (κ1) is 23.0. The van der Waals surface area contributed by atoms with Crippen molar-refractivity contribution in [3.8, 4) is 0 Å². The Morgan fingerprint density at radius 2 is 1.12 bits per heavy atom. The molecule has 0 radical (unpaired) electrons. The summed E-state index contributed by atoms with van der Waals surface area (Å²) in [7, 11) is 0. The standard InChI is InChI=1S/2C9H7.C2H5B.2ClH.Ti/c2*1-2-5-9-7-3-6-8(9)4-1;1-2-3;;;/h2*1-7H;2H2,1H3;2*1H;/q2*-1;;;;+2. The first-order valence-corrected chi connectivity index (χ1v) is 8.45. The molecule has 0 amide bonds. The minimum absolute atomic E-state index is 0. The van der Waals surface area contributed by atoms with Crippen LogP contribution in [-0.4, -0.2) is 5.02 Å². The van der Waals surface area contributed by atoms with E-state index >= 15 is 0 Å². The van der Waals surface area contributed by atoms with Crippen molar-refractivity contribution in [2.24, 2.45) is 0 Å². The minimum Gasteiger partial charge on any atom is -0.168 e. The molecule has 0 saturated carbocycles. The Balaban J connectivity index is 0.000000341. The van der Waals surface area contributed by atoms with E-state index in [0.717, 1.165) is 0 Å². The second-order valence-electron chi connectivity index (χ2n) is 4.92. The largest absolute Gasteiger partial charge is 0.168 e. The van der Waals surface area contributed by atoms with Crippen molar-refractivity contribution in [2.45, 2.75) is 13.2 Å². The number of benzene rings is 2. The van der Waals surface area contributed by atoms with Gasteiger partial charge in [-0.15, -0.1) is 84.1 Å². The summed E-state index contributed by atoms with van der Waals surface area (Å²) in [6, 6.07) is 29.3. The van der Waals surface area contributed by atoms with E-state index < -0.39 is 0 Å². The van der Waals surface area contributed by atoms with Gasteiger partial charge in [-0.3, -0.25) is 0 Å². The molecule has 4 heteroatoms. The molecule has 0 aliphatic carbocycles. The van der Waals surface area contributed by atoms with E-state index in [9.17, 15) is 0 Å². The quantitative estimate of drug-likeness (QED) is 0.255. The van der Waals surface area contributed by atoms with Crippen LogP contribution < -0.4 is 0 Å². The molecule has 0 bridgehead atoms. The molecule has 4 aromatic rings. The summed E-state index contributed by atoms with van der Waals surface area (Å²) in [5.41, 5.74) is 0. The molecule has 0 unspecified atom stereocenters. The van der Waals surface area contributed by atoms with Crippen LogP contribution in [-0.2, 0) is 19.8 Å².